The van der Waals surface area contributed by atoms with Crippen molar-refractivity contribution in [2.45, 2.75) is 52.2 Å². The molecule has 2 atom stereocenters. The molecule has 1 heterocycles. The highest BCUT2D eigenvalue weighted by Crippen LogP contribution is 2.20. The maximum absolute atomic E-state index is 9.42. The molecule has 2 N–H and O–H groups in total. The van der Waals surface area contributed by atoms with Crippen LogP contribution in [0.5, 0.6) is 0 Å². The van der Waals surface area contributed by atoms with Gasteiger partial charge >= 0.3 is 0 Å². The zero-order chi connectivity index (χ0) is 12.0. The molecule has 3 nitrogen and oxygen atoms in total. The van der Waals surface area contributed by atoms with Gasteiger partial charge in [-0.2, -0.15) is 0 Å². The second-order valence-corrected chi connectivity index (χ2v) is 5.07. The zero-order valence-corrected chi connectivity index (χ0v) is 11.2. The van der Waals surface area contributed by atoms with E-state index in [0.717, 1.165) is 31.5 Å². The van der Waals surface area contributed by atoms with Gasteiger partial charge in [0.2, 0.25) is 0 Å². The lowest BCUT2D eigenvalue weighted by Crippen LogP contribution is -2.20. The average Bonchev–Trinajstić information content (AvgIpc) is 2.70. The van der Waals surface area contributed by atoms with Gasteiger partial charge in [0, 0.05) is 10.9 Å². The van der Waals surface area contributed by atoms with E-state index in [9.17, 15) is 5.11 Å². The van der Waals surface area contributed by atoms with Crippen molar-refractivity contribution in [3.05, 3.63) is 16.1 Å². The third-order valence-electron chi connectivity index (χ3n) is 2.81. The highest BCUT2D eigenvalue weighted by atomic mass is 32.1. The number of aromatic nitrogens is 1. The predicted octanol–water partition coefficient (Wildman–Crippen LogP) is 2.65. The van der Waals surface area contributed by atoms with E-state index < -0.39 is 0 Å². The number of hydrogen-bond donors (Lipinski definition) is 2. The van der Waals surface area contributed by atoms with Crippen LogP contribution in [-0.4, -0.2) is 22.7 Å². The number of nitrogens with one attached hydrogen (secondary N) is 1. The molecule has 4 heteroatoms. The Hall–Kier alpha value is -0.450. The van der Waals surface area contributed by atoms with Crippen LogP contribution in [0.3, 0.4) is 0 Å². The maximum Gasteiger partial charge on any atom is 0.0798 e. The second kappa shape index (κ2) is 6.99. The number of thiazole rings is 1. The molecule has 16 heavy (non-hydrogen) atoms. The van der Waals surface area contributed by atoms with Crippen LogP contribution in [0, 0.1) is 6.92 Å². The summed E-state index contributed by atoms with van der Waals surface area (Å²) < 4.78 is 0. The van der Waals surface area contributed by atoms with Gasteiger partial charge in [0.15, 0.2) is 0 Å². The summed E-state index contributed by atoms with van der Waals surface area (Å²) in [4.78, 5) is 5.56. The molecule has 0 aliphatic carbocycles. The van der Waals surface area contributed by atoms with E-state index >= 15 is 0 Å². The fourth-order valence-electron chi connectivity index (χ4n) is 1.68. The standard InChI is InChI=1S/C12H22N2OS/c1-4-11(15)6-5-7-13-9(2)12-10(3)14-8-16-12/h8-9,11,13,15H,4-7H2,1-3H3. The Kier molecular flexibility index (Phi) is 5.95. The Bertz CT molecular complexity index is 301. The predicted molar refractivity (Wildman–Crippen MR) is 68.8 cm³/mol. The minimum atomic E-state index is -0.137. The smallest absolute Gasteiger partial charge is 0.0798 e. The minimum Gasteiger partial charge on any atom is -0.393 e. The molecule has 0 saturated heterocycles. The maximum atomic E-state index is 9.42. The first-order valence-corrected chi connectivity index (χ1v) is 6.84. The van der Waals surface area contributed by atoms with Crippen LogP contribution in [0.4, 0.5) is 0 Å². The van der Waals surface area contributed by atoms with Crippen molar-refractivity contribution in [3.63, 3.8) is 0 Å². The SMILES string of the molecule is CCC(O)CCCNC(C)c1scnc1C. The Morgan fingerprint density at radius 2 is 2.31 bits per heavy atom. The van der Waals surface area contributed by atoms with Gasteiger partial charge in [0.1, 0.15) is 0 Å². The van der Waals surface area contributed by atoms with Gasteiger partial charge in [-0.15, -0.1) is 11.3 Å². The Balaban J connectivity index is 2.21. The molecule has 0 saturated carbocycles. The Labute approximate surface area is 102 Å². The van der Waals surface area contributed by atoms with E-state index in [1.165, 1.54) is 4.88 Å². The van der Waals surface area contributed by atoms with E-state index in [4.69, 9.17) is 0 Å². The molecule has 92 valence electrons. The molecule has 0 aliphatic heterocycles. The van der Waals surface area contributed by atoms with Crippen LogP contribution >= 0.6 is 11.3 Å². The fourth-order valence-corrected chi connectivity index (χ4v) is 2.51. The molecule has 2 unspecified atom stereocenters. The molecule has 1 aromatic rings. The van der Waals surface area contributed by atoms with Gasteiger partial charge in [0.25, 0.3) is 0 Å². The van der Waals surface area contributed by atoms with Crippen molar-refractivity contribution >= 4 is 11.3 Å². The van der Waals surface area contributed by atoms with Crippen molar-refractivity contribution in [2.75, 3.05) is 6.54 Å². The first-order valence-electron chi connectivity index (χ1n) is 5.96. The summed E-state index contributed by atoms with van der Waals surface area (Å²) in [6, 6.07) is 0.367. The highest BCUT2D eigenvalue weighted by molar-refractivity contribution is 7.09. The summed E-state index contributed by atoms with van der Waals surface area (Å²) in [5.41, 5.74) is 3.02. The third-order valence-corrected chi connectivity index (χ3v) is 3.93. The van der Waals surface area contributed by atoms with Crippen LogP contribution in [0.25, 0.3) is 0 Å². The largest absolute Gasteiger partial charge is 0.393 e. The normalized spacial score (nSPS) is 15.0. The van der Waals surface area contributed by atoms with Crippen LogP contribution in [-0.2, 0) is 0 Å². The quantitative estimate of drug-likeness (QED) is 0.723. The molecule has 0 spiro atoms. The molecule has 0 bridgehead atoms. The summed E-state index contributed by atoms with van der Waals surface area (Å²) in [6.45, 7) is 7.18. The molecule has 0 amide bonds. The molecule has 0 aliphatic rings. The topological polar surface area (TPSA) is 45.1 Å². The third kappa shape index (κ3) is 4.20. The van der Waals surface area contributed by atoms with Crippen molar-refractivity contribution < 1.29 is 5.11 Å². The van der Waals surface area contributed by atoms with E-state index in [2.05, 4.69) is 17.2 Å². The highest BCUT2D eigenvalue weighted by Gasteiger charge is 2.10. The minimum absolute atomic E-state index is 0.137. The second-order valence-electron chi connectivity index (χ2n) is 4.18. The number of hydrogen-bond acceptors (Lipinski definition) is 4. The van der Waals surface area contributed by atoms with E-state index in [-0.39, 0.29) is 6.10 Å². The van der Waals surface area contributed by atoms with E-state index in [1.54, 1.807) is 11.3 Å². The Morgan fingerprint density at radius 3 is 2.88 bits per heavy atom. The number of rotatable bonds is 7. The van der Waals surface area contributed by atoms with Gasteiger partial charge in [-0.3, -0.25) is 0 Å². The monoisotopic (exact) mass is 242 g/mol. The summed E-state index contributed by atoms with van der Waals surface area (Å²) in [5, 5.41) is 12.9. The lowest BCUT2D eigenvalue weighted by Gasteiger charge is -2.13. The lowest BCUT2D eigenvalue weighted by atomic mass is 10.1. The van der Waals surface area contributed by atoms with Gasteiger partial charge in [-0.05, 0) is 39.7 Å². The molecule has 0 radical (unpaired) electrons. The zero-order valence-electron chi connectivity index (χ0n) is 10.4. The van der Waals surface area contributed by atoms with Gasteiger partial charge in [0.05, 0.1) is 17.3 Å². The van der Waals surface area contributed by atoms with E-state index in [0.29, 0.717) is 6.04 Å². The van der Waals surface area contributed by atoms with Crippen LogP contribution in [0.1, 0.15) is 49.7 Å². The van der Waals surface area contributed by atoms with Crippen LogP contribution < -0.4 is 5.32 Å². The number of nitrogens with zero attached hydrogens (tertiary/aromatic N) is 1. The average molecular weight is 242 g/mol. The number of aliphatic hydroxyl groups is 1. The summed E-state index contributed by atoms with van der Waals surface area (Å²) in [7, 11) is 0. The first kappa shape index (κ1) is 13.6. The molecule has 0 aromatic carbocycles. The first-order chi connectivity index (χ1) is 7.65. The van der Waals surface area contributed by atoms with Crippen molar-refractivity contribution in [3.8, 4) is 0 Å². The van der Waals surface area contributed by atoms with Crippen LogP contribution in [0.15, 0.2) is 5.51 Å². The molecule has 0 fully saturated rings. The van der Waals surface area contributed by atoms with Crippen LogP contribution in [0.2, 0.25) is 0 Å². The molecule has 1 rings (SSSR count). The van der Waals surface area contributed by atoms with Crippen molar-refractivity contribution in [1.82, 2.24) is 10.3 Å². The molecular weight excluding hydrogens is 220 g/mol. The fraction of sp³-hybridized carbons (Fsp3) is 0.750. The molecule has 1 aromatic heterocycles. The number of aliphatic hydroxyl groups excluding tert-OH is 1. The van der Waals surface area contributed by atoms with Crippen molar-refractivity contribution in [2.24, 2.45) is 0 Å². The summed E-state index contributed by atoms with van der Waals surface area (Å²) >= 11 is 1.70. The number of aryl methyl sites for hydroxylation is 1. The van der Waals surface area contributed by atoms with Gasteiger partial charge in [-0.25, -0.2) is 4.98 Å². The Morgan fingerprint density at radius 1 is 1.56 bits per heavy atom. The van der Waals surface area contributed by atoms with Gasteiger partial charge in [-0.1, -0.05) is 6.92 Å². The molecular formula is C12H22N2OS. The van der Waals surface area contributed by atoms with Crippen molar-refractivity contribution in [1.29, 1.82) is 0 Å². The summed E-state index contributed by atoms with van der Waals surface area (Å²) in [5.74, 6) is 0. The lowest BCUT2D eigenvalue weighted by molar-refractivity contribution is 0.157. The van der Waals surface area contributed by atoms with Gasteiger partial charge < -0.3 is 10.4 Å². The summed E-state index contributed by atoms with van der Waals surface area (Å²) in [6.07, 6.45) is 2.63. The van der Waals surface area contributed by atoms with E-state index in [1.807, 2.05) is 19.4 Å².